The molecule has 0 aromatic heterocycles. The number of carbonyl (C=O) groups is 8. The first kappa shape index (κ1) is 32.1. The third kappa shape index (κ3) is 13.1. The highest BCUT2D eigenvalue weighted by atomic mass is 32.1. The topological polar surface area (TPSA) is 292 Å². The molecule has 4 atom stereocenters. The van der Waals surface area contributed by atoms with E-state index in [1.54, 1.807) is 0 Å². The molecule has 17 nitrogen and oxygen atoms in total. The number of rotatable bonds is 17. The van der Waals surface area contributed by atoms with E-state index < -0.39 is 104 Å². The molecule has 0 aromatic carbocycles. The van der Waals surface area contributed by atoms with Gasteiger partial charge in [-0.25, -0.2) is 4.79 Å². The number of amides is 4. The first-order valence-corrected chi connectivity index (χ1v) is 10.7. The van der Waals surface area contributed by atoms with Gasteiger partial charge < -0.3 is 47.4 Å². The molecule has 0 aromatic rings. The fourth-order valence-electron chi connectivity index (χ4n) is 2.50. The van der Waals surface area contributed by atoms with E-state index >= 15 is 0 Å². The van der Waals surface area contributed by atoms with Crippen LogP contribution in [0.4, 0.5) is 0 Å². The minimum atomic E-state index is -1.81. The second-order valence-electron chi connectivity index (χ2n) is 7.22. The summed E-state index contributed by atoms with van der Waals surface area (Å²) < 4.78 is 0. The van der Waals surface area contributed by atoms with Gasteiger partial charge in [0.25, 0.3) is 0 Å². The summed E-state index contributed by atoms with van der Waals surface area (Å²) in [6, 6.07) is -6.38. The molecule has 0 bridgehead atoms. The number of hydrogen-bond donors (Lipinski definition) is 10. The molecule has 0 aliphatic carbocycles. The Morgan fingerprint density at radius 2 is 1.25 bits per heavy atom. The fourth-order valence-corrected chi connectivity index (χ4v) is 2.75. The van der Waals surface area contributed by atoms with Crippen LogP contribution in [0.1, 0.15) is 25.7 Å². The summed E-state index contributed by atoms with van der Waals surface area (Å²) in [6.07, 6.45) is -2.86. The van der Waals surface area contributed by atoms with Crippen LogP contribution in [0.15, 0.2) is 0 Å². The lowest BCUT2D eigenvalue weighted by molar-refractivity contribution is -0.144. The molecule has 2 unspecified atom stereocenters. The van der Waals surface area contributed by atoms with Crippen molar-refractivity contribution in [2.75, 3.05) is 12.3 Å². The molecule has 4 amide bonds. The van der Waals surface area contributed by atoms with Crippen molar-refractivity contribution in [1.82, 2.24) is 21.3 Å². The highest BCUT2D eigenvalue weighted by Crippen LogP contribution is 2.03. The number of nitrogens with two attached hydrogens (primary N) is 1. The molecule has 0 aliphatic heterocycles. The zero-order valence-electron chi connectivity index (χ0n) is 18.6. The molecule has 0 rings (SSSR count). The average molecular weight is 538 g/mol. The number of carboxylic acid groups (broad SMARTS) is 4. The summed E-state index contributed by atoms with van der Waals surface area (Å²) in [5.74, 6) is -10.2. The Morgan fingerprint density at radius 1 is 0.694 bits per heavy atom. The van der Waals surface area contributed by atoms with Gasteiger partial charge in [-0.1, -0.05) is 0 Å². The van der Waals surface area contributed by atoms with E-state index in [4.69, 9.17) is 21.1 Å². The van der Waals surface area contributed by atoms with Gasteiger partial charge in [0.15, 0.2) is 0 Å². The maximum Gasteiger partial charge on any atom is 0.326 e. The smallest absolute Gasteiger partial charge is 0.326 e. The van der Waals surface area contributed by atoms with Crippen molar-refractivity contribution in [3.05, 3.63) is 0 Å². The van der Waals surface area contributed by atoms with Crippen molar-refractivity contribution in [3.8, 4) is 0 Å². The first-order chi connectivity index (χ1) is 16.7. The minimum absolute atomic E-state index is 0.211. The Labute approximate surface area is 208 Å². The number of carbonyl (C=O) groups excluding carboxylic acids is 4. The van der Waals surface area contributed by atoms with Crippen molar-refractivity contribution in [2.45, 2.75) is 49.9 Å². The lowest BCUT2D eigenvalue weighted by Gasteiger charge is -2.22. The Kier molecular flexibility index (Phi) is 14.1. The largest absolute Gasteiger partial charge is 0.481 e. The van der Waals surface area contributed by atoms with Crippen molar-refractivity contribution in [1.29, 1.82) is 0 Å². The van der Waals surface area contributed by atoms with Crippen molar-refractivity contribution >= 4 is 60.1 Å². The molecule has 0 saturated carbocycles. The zero-order valence-corrected chi connectivity index (χ0v) is 19.5. The molecule has 202 valence electrons. The van der Waals surface area contributed by atoms with Crippen molar-refractivity contribution in [3.63, 3.8) is 0 Å². The SMILES string of the molecule is N[C@@H](CC(=O)O)C(=O)N[C@@H](CC(=O)O)C(=O)NC(CCC(=O)NC(CS)C(=O)NCC(=O)O)C(=O)O. The zero-order chi connectivity index (χ0) is 28.0. The van der Waals surface area contributed by atoms with Crippen LogP contribution in [-0.4, -0.2) is 104 Å². The van der Waals surface area contributed by atoms with Crippen LogP contribution in [0.3, 0.4) is 0 Å². The van der Waals surface area contributed by atoms with E-state index in [2.05, 4.69) is 17.9 Å². The fraction of sp³-hybridized carbons (Fsp3) is 0.556. The number of carboxylic acids is 4. The van der Waals surface area contributed by atoms with E-state index in [0.717, 1.165) is 0 Å². The summed E-state index contributed by atoms with van der Waals surface area (Å²) in [7, 11) is 0. The van der Waals surface area contributed by atoms with Crippen LogP contribution in [0, 0.1) is 0 Å². The van der Waals surface area contributed by atoms with Gasteiger partial charge in [0, 0.05) is 12.2 Å². The average Bonchev–Trinajstić information content (AvgIpc) is 2.76. The van der Waals surface area contributed by atoms with E-state index in [1.165, 1.54) is 0 Å². The molecule has 10 N–H and O–H groups in total. The standard InChI is InChI=1S/C18H27N5O12S/c19-7(3-12(25)26)15(31)23-9(4-13(27)28)17(33)22-8(18(34)35)1-2-11(24)21-10(6-36)16(32)20-5-14(29)30/h7-10,36H,1-6,19H2,(H,20,32)(H,21,24)(H,22,33)(H,23,31)(H,25,26)(H,27,28)(H,29,30)(H,34,35)/t7-,8?,9-,10?/m0/s1. The van der Waals surface area contributed by atoms with E-state index in [1.807, 2.05) is 16.0 Å². The van der Waals surface area contributed by atoms with Crippen LogP contribution < -0.4 is 27.0 Å². The molecule has 0 heterocycles. The maximum absolute atomic E-state index is 12.4. The first-order valence-electron chi connectivity index (χ1n) is 10.1. The lowest BCUT2D eigenvalue weighted by Crippen LogP contribution is -2.55. The molecule has 36 heavy (non-hydrogen) atoms. The van der Waals surface area contributed by atoms with Gasteiger partial charge in [0.1, 0.15) is 24.7 Å². The molecular weight excluding hydrogens is 510 g/mol. The van der Waals surface area contributed by atoms with E-state index in [0.29, 0.717) is 0 Å². The van der Waals surface area contributed by atoms with E-state index in [-0.39, 0.29) is 5.75 Å². The van der Waals surface area contributed by atoms with Gasteiger partial charge in [-0.05, 0) is 6.42 Å². The molecule has 0 saturated heterocycles. The molecular formula is C18H27N5O12S. The number of aliphatic carboxylic acids is 4. The highest BCUT2D eigenvalue weighted by molar-refractivity contribution is 7.80. The van der Waals surface area contributed by atoms with Gasteiger partial charge in [-0.2, -0.15) is 12.6 Å². The molecule has 0 aliphatic rings. The molecule has 0 spiro atoms. The van der Waals surface area contributed by atoms with Crippen LogP contribution in [0.5, 0.6) is 0 Å². The predicted molar refractivity (Wildman–Crippen MR) is 120 cm³/mol. The minimum Gasteiger partial charge on any atom is -0.481 e. The summed E-state index contributed by atoms with van der Waals surface area (Å²) in [6.45, 7) is -0.707. The Hall–Kier alpha value is -3.93. The normalized spacial score (nSPS) is 13.7. The number of thiol groups is 1. The third-order valence-corrected chi connectivity index (χ3v) is 4.63. The lowest BCUT2D eigenvalue weighted by atomic mass is 10.1. The second-order valence-corrected chi connectivity index (χ2v) is 7.58. The summed E-state index contributed by atoms with van der Waals surface area (Å²) in [5.41, 5.74) is 5.36. The van der Waals surface area contributed by atoms with Gasteiger partial charge in [0.05, 0.1) is 18.9 Å². The van der Waals surface area contributed by atoms with Gasteiger partial charge >= 0.3 is 23.9 Å². The summed E-state index contributed by atoms with van der Waals surface area (Å²) >= 11 is 3.87. The van der Waals surface area contributed by atoms with Crippen LogP contribution in [0.25, 0.3) is 0 Å². The third-order valence-electron chi connectivity index (χ3n) is 4.27. The van der Waals surface area contributed by atoms with Gasteiger partial charge in [0.2, 0.25) is 23.6 Å². The maximum atomic E-state index is 12.4. The monoisotopic (exact) mass is 537 g/mol. The Balaban J connectivity index is 5.14. The summed E-state index contributed by atoms with van der Waals surface area (Å²) in [4.78, 5) is 92.1. The molecule has 0 radical (unpaired) electrons. The van der Waals surface area contributed by atoms with E-state index in [9.17, 15) is 43.5 Å². The number of hydrogen-bond acceptors (Lipinski definition) is 10. The van der Waals surface area contributed by atoms with Crippen LogP contribution >= 0.6 is 12.6 Å². The van der Waals surface area contributed by atoms with Crippen molar-refractivity contribution < 1.29 is 58.8 Å². The van der Waals surface area contributed by atoms with Crippen LogP contribution in [0.2, 0.25) is 0 Å². The molecule has 0 fully saturated rings. The summed E-state index contributed by atoms with van der Waals surface area (Å²) in [5, 5.41) is 43.7. The Bertz CT molecular complexity index is 883. The van der Waals surface area contributed by atoms with Gasteiger partial charge in [-0.15, -0.1) is 0 Å². The Morgan fingerprint density at radius 3 is 1.72 bits per heavy atom. The van der Waals surface area contributed by atoms with Crippen LogP contribution in [-0.2, 0) is 38.4 Å². The van der Waals surface area contributed by atoms with Crippen molar-refractivity contribution in [2.24, 2.45) is 5.73 Å². The molecule has 18 heteroatoms. The second kappa shape index (κ2) is 15.9. The van der Waals surface area contributed by atoms with Gasteiger partial charge in [-0.3, -0.25) is 33.6 Å². The number of nitrogens with one attached hydrogen (secondary N) is 4. The highest BCUT2D eigenvalue weighted by Gasteiger charge is 2.30. The quantitative estimate of drug-likeness (QED) is 0.0787. The predicted octanol–water partition coefficient (Wildman–Crippen LogP) is -4.29.